The highest BCUT2D eigenvalue weighted by molar-refractivity contribution is 5.94. The summed E-state index contributed by atoms with van der Waals surface area (Å²) in [6, 6.07) is 19.5. The molecule has 33 heavy (non-hydrogen) atoms. The van der Waals surface area contributed by atoms with E-state index in [9.17, 15) is 5.26 Å². The number of hydrogen-bond donors (Lipinski definition) is 2. The maximum absolute atomic E-state index is 9.20. The molecule has 0 saturated carbocycles. The van der Waals surface area contributed by atoms with E-state index in [0.29, 0.717) is 34.1 Å². The van der Waals surface area contributed by atoms with Crippen molar-refractivity contribution in [1.29, 1.82) is 10.5 Å². The molecule has 1 aromatic heterocycles. The first-order chi connectivity index (χ1) is 16.0. The highest BCUT2D eigenvalue weighted by atomic mass is 16.5. The monoisotopic (exact) mass is 438 g/mol. The summed E-state index contributed by atoms with van der Waals surface area (Å²) in [7, 11) is 3.03. The van der Waals surface area contributed by atoms with Crippen LogP contribution in [-0.2, 0) is 0 Å². The van der Waals surface area contributed by atoms with Crippen LogP contribution in [0.3, 0.4) is 0 Å². The van der Waals surface area contributed by atoms with Gasteiger partial charge in [0.05, 0.1) is 37.5 Å². The van der Waals surface area contributed by atoms with Crippen LogP contribution in [0, 0.1) is 22.7 Å². The summed E-state index contributed by atoms with van der Waals surface area (Å²) in [4.78, 5) is 8.57. The molecular formula is C24H18N6O3. The Hall–Kier alpha value is -5.02. The molecule has 4 aromatic rings. The number of anilines is 3. The van der Waals surface area contributed by atoms with E-state index >= 15 is 0 Å². The minimum absolute atomic E-state index is 0.170. The molecule has 0 aliphatic rings. The minimum atomic E-state index is 0.170. The SMILES string of the molecule is COc1cc2cc(C#N)ccc2c(OC)c1Oc1cc(N)nc(Nc2ccc(C#N)cc2)n1. The molecule has 0 aliphatic heterocycles. The first-order valence-corrected chi connectivity index (χ1v) is 9.73. The number of nitrogen functional groups attached to an aromatic ring is 1. The summed E-state index contributed by atoms with van der Waals surface area (Å²) in [5.41, 5.74) is 7.70. The summed E-state index contributed by atoms with van der Waals surface area (Å²) >= 11 is 0. The molecule has 3 aromatic carbocycles. The minimum Gasteiger partial charge on any atom is -0.493 e. The molecule has 4 rings (SSSR count). The zero-order valence-corrected chi connectivity index (χ0v) is 17.8. The lowest BCUT2D eigenvalue weighted by Crippen LogP contribution is -2.03. The molecule has 0 aliphatic carbocycles. The van der Waals surface area contributed by atoms with Gasteiger partial charge in [-0.2, -0.15) is 20.5 Å². The fourth-order valence-corrected chi connectivity index (χ4v) is 3.26. The lowest BCUT2D eigenvalue weighted by Gasteiger charge is -2.16. The first-order valence-electron chi connectivity index (χ1n) is 9.73. The van der Waals surface area contributed by atoms with Crippen LogP contribution in [0.25, 0.3) is 10.8 Å². The Morgan fingerprint density at radius 3 is 2.24 bits per heavy atom. The molecule has 0 radical (unpaired) electrons. The maximum atomic E-state index is 9.20. The fourth-order valence-electron chi connectivity index (χ4n) is 3.26. The standard InChI is InChI=1S/C24H18N6O3/c1-31-19-10-16-9-15(13-26)5-8-18(16)22(32-2)23(19)33-21-11-20(27)29-24(30-21)28-17-6-3-14(12-25)4-7-17/h3-11H,1-2H3,(H3,27,28,29,30). The number of aromatic nitrogens is 2. The van der Waals surface area contributed by atoms with E-state index in [0.717, 1.165) is 10.8 Å². The van der Waals surface area contributed by atoms with Crippen molar-refractivity contribution in [2.24, 2.45) is 0 Å². The lowest BCUT2D eigenvalue weighted by molar-refractivity contribution is 0.345. The second-order valence-corrected chi connectivity index (χ2v) is 6.86. The summed E-state index contributed by atoms with van der Waals surface area (Å²) < 4.78 is 17.2. The van der Waals surface area contributed by atoms with Gasteiger partial charge in [-0.25, -0.2) is 0 Å². The third-order valence-corrected chi connectivity index (χ3v) is 4.77. The largest absolute Gasteiger partial charge is 0.493 e. The number of fused-ring (bicyclic) bond motifs is 1. The van der Waals surface area contributed by atoms with Gasteiger partial charge >= 0.3 is 0 Å². The first kappa shape index (κ1) is 21.2. The second-order valence-electron chi connectivity index (χ2n) is 6.86. The molecule has 3 N–H and O–H groups in total. The van der Waals surface area contributed by atoms with E-state index in [-0.39, 0.29) is 17.6 Å². The van der Waals surface area contributed by atoms with Crippen LogP contribution in [0.5, 0.6) is 23.1 Å². The maximum Gasteiger partial charge on any atom is 0.232 e. The molecule has 0 unspecified atom stereocenters. The van der Waals surface area contributed by atoms with E-state index < -0.39 is 0 Å². The van der Waals surface area contributed by atoms with Crippen molar-refractivity contribution < 1.29 is 14.2 Å². The second kappa shape index (κ2) is 9.00. The van der Waals surface area contributed by atoms with Crippen molar-refractivity contribution in [3.63, 3.8) is 0 Å². The van der Waals surface area contributed by atoms with Crippen LogP contribution < -0.4 is 25.3 Å². The number of rotatable bonds is 6. The zero-order valence-electron chi connectivity index (χ0n) is 17.8. The van der Waals surface area contributed by atoms with Crippen LogP contribution in [0.2, 0.25) is 0 Å². The number of nitrogens with zero attached hydrogens (tertiary/aromatic N) is 4. The highest BCUT2D eigenvalue weighted by Crippen LogP contribution is 2.45. The Morgan fingerprint density at radius 1 is 0.848 bits per heavy atom. The van der Waals surface area contributed by atoms with Gasteiger partial charge in [-0.15, -0.1) is 0 Å². The molecule has 9 heteroatoms. The lowest BCUT2D eigenvalue weighted by atomic mass is 10.1. The van der Waals surface area contributed by atoms with Crippen molar-refractivity contribution in [2.75, 3.05) is 25.3 Å². The van der Waals surface area contributed by atoms with Crippen molar-refractivity contribution in [1.82, 2.24) is 9.97 Å². The molecule has 0 bridgehead atoms. The van der Waals surface area contributed by atoms with E-state index in [2.05, 4.69) is 27.4 Å². The van der Waals surface area contributed by atoms with Crippen molar-refractivity contribution >= 4 is 28.2 Å². The number of benzene rings is 3. The summed E-state index contributed by atoms with van der Waals surface area (Å²) in [5.74, 6) is 1.70. The molecule has 162 valence electrons. The van der Waals surface area contributed by atoms with Gasteiger partial charge in [0.2, 0.25) is 17.6 Å². The number of nitrogens with one attached hydrogen (secondary N) is 1. The molecule has 1 heterocycles. The Morgan fingerprint density at radius 2 is 1.58 bits per heavy atom. The molecular weight excluding hydrogens is 420 g/mol. The van der Waals surface area contributed by atoms with Crippen LogP contribution >= 0.6 is 0 Å². The smallest absolute Gasteiger partial charge is 0.232 e. The average Bonchev–Trinajstić information content (AvgIpc) is 2.83. The van der Waals surface area contributed by atoms with Crippen LogP contribution in [-0.4, -0.2) is 24.2 Å². The third-order valence-electron chi connectivity index (χ3n) is 4.77. The zero-order chi connectivity index (χ0) is 23.4. The summed E-state index contributed by atoms with van der Waals surface area (Å²) in [6.07, 6.45) is 0. The van der Waals surface area contributed by atoms with Crippen molar-refractivity contribution in [2.45, 2.75) is 0 Å². The molecule has 9 nitrogen and oxygen atoms in total. The van der Waals surface area contributed by atoms with Crippen LogP contribution in [0.4, 0.5) is 17.5 Å². The average molecular weight is 438 g/mol. The van der Waals surface area contributed by atoms with Crippen LogP contribution in [0.15, 0.2) is 54.6 Å². The fraction of sp³-hybridized carbons (Fsp3) is 0.0833. The van der Waals surface area contributed by atoms with E-state index in [1.165, 1.54) is 20.3 Å². The van der Waals surface area contributed by atoms with E-state index in [4.69, 9.17) is 25.2 Å². The Balaban J connectivity index is 1.73. The number of ether oxygens (including phenoxy) is 3. The van der Waals surface area contributed by atoms with Gasteiger partial charge in [0.25, 0.3) is 0 Å². The molecule has 0 amide bonds. The number of methoxy groups -OCH3 is 2. The van der Waals surface area contributed by atoms with Gasteiger partial charge in [0.1, 0.15) is 5.82 Å². The number of nitriles is 2. The van der Waals surface area contributed by atoms with Gasteiger partial charge in [-0.1, -0.05) is 0 Å². The van der Waals surface area contributed by atoms with Crippen LogP contribution in [0.1, 0.15) is 11.1 Å². The molecule has 0 fully saturated rings. The number of hydrogen-bond acceptors (Lipinski definition) is 9. The molecule has 0 spiro atoms. The van der Waals surface area contributed by atoms with Gasteiger partial charge in [0.15, 0.2) is 11.5 Å². The Bertz CT molecular complexity index is 1420. The van der Waals surface area contributed by atoms with E-state index in [1.807, 2.05) is 0 Å². The summed E-state index contributed by atoms with van der Waals surface area (Å²) in [6.45, 7) is 0. The van der Waals surface area contributed by atoms with Crippen molar-refractivity contribution in [3.05, 3.63) is 65.7 Å². The Kier molecular flexibility index (Phi) is 5.79. The predicted molar refractivity (Wildman–Crippen MR) is 123 cm³/mol. The van der Waals surface area contributed by atoms with Gasteiger partial charge in [-0.05, 0) is 53.9 Å². The number of nitrogens with two attached hydrogens (primary N) is 1. The molecule has 0 saturated heterocycles. The third kappa shape index (κ3) is 4.38. The topological polar surface area (TPSA) is 139 Å². The van der Waals surface area contributed by atoms with Gasteiger partial charge in [-0.3, -0.25) is 0 Å². The predicted octanol–water partition coefficient (Wildman–Crippen LogP) is 4.51. The van der Waals surface area contributed by atoms with Gasteiger partial charge < -0.3 is 25.3 Å². The summed E-state index contributed by atoms with van der Waals surface area (Å²) in [5, 5.41) is 22.7. The van der Waals surface area contributed by atoms with E-state index in [1.54, 1.807) is 48.5 Å². The highest BCUT2D eigenvalue weighted by Gasteiger charge is 2.19. The quantitative estimate of drug-likeness (QED) is 0.445. The Labute approximate surface area is 189 Å². The molecule has 0 atom stereocenters. The normalized spacial score (nSPS) is 10.2. The van der Waals surface area contributed by atoms with Gasteiger partial charge in [0, 0.05) is 17.1 Å². The van der Waals surface area contributed by atoms with Crippen molar-refractivity contribution in [3.8, 4) is 35.3 Å².